The summed E-state index contributed by atoms with van der Waals surface area (Å²) in [6.45, 7) is 0. The highest BCUT2D eigenvalue weighted by Crippen LogP contribution is 2.18. The molecule has 0 aliphatic carbocycles. The van der Waals surface area contributed by atoms with Crippen molar-refractivity contribution in [3.05, 3.63) is 106 Å². The molecule has 0 radical (unpaired) electrons. The molecule has 4 aromatic rings. The molecule has 1 N–H and O–H groups in total. The van der Waals surface area contributed by atoms with Crippen molar-refractivity contribution in [3.63, 3.8) is 0 Å². The van der Waals surface area contributed by atoms with Crippen LogP contribution in [-0.4, -0.2) is 21.9 Å². The monoisotopic (exact) mass is 402 g/mol. The molecule has 3 aromatic carbocycles. The number of ether oxygens (including phenoxy) is 1. The molecule has 1 heterocycles. The molecule has 0 fully saturated rings. The normalized spacial score (nSPS) is 10.7. The van der Waals surface area contributed by atoms with Crippen molar-refractivity contribution >= 4 is 22.5 Å². The molecular formula is C23H15FN2O4. The Morgan fingerprint density at radius 1 is 0.867 bits per heavy atom. The number of benzene rings is 3. The molecule has 0 saturated carbocycles. The number of hydrogen-bond donors (Lipinski definition) is 1. The van der Waals surface area contributed by atoms with Gasteiger partial charge in [0, 0.05) is 16.5 Å². The van der Waals surface area contributed by atoms with Crippen LogP contribution in [-0.2, 0) is 11.2 Å². The van der Waals surface area contributed by atoms with Crippen molar-refractivity contribution in [2.24, 2.45) is 0 Å². The van der Waals surface area contributed by atoms with Crippen LogP contribution in [0.1, 0.15) is 21.6 Å². The van der Waals surface area contributed by atoms with Gasteiger partial charge in [-0.1, -0.05) is 18.2 Å². The molecule has 4 rings (SSSR count). The Hall–Kier alpha value is -4.13. The summed E-state index contributed by atoms with van der Waals surface area (Å²) in [6.07, 6.45) is -0.131. The van der Waals surface area contributed by atoms with Crippen LogP contribution in [0.25, 0.3) is 10.8 Å². The second-order valence-corrected chi connectivity index (χ2v) is 6.56. The predicted octanol–water partition coefficient (Wildman–Crippen LogP) is 3.44. The van der Waals surface area contributed by atoms with Crippen molar-refractivity contribution in [1.29, 1.82) is 0 Å². The summed E-state index contributed by atoms with van der Waals surface area (Å²) < 4.78 is 18.3. The van der Waals surface area contributed by atoms with Crippen LogP contribution in [0.4, 0.5) is 4.39 Å². The van der Waals surface area contributed by atoms with E-state index in [9.17, 15) is 18.8 Å². The van der Waals surface area contributed by atoms with Gasteiger partial charge in [0.25, 0.3) is 5.56 Å². The van der Waals surface area contributed by atoms with Crippen LogP contribution in [0.5, 0.6) is 5.75 Å². The highest BCUT2D eigenvalue weighted by atomic mass is 19.1. The van der Waals surface area contributed by atoms with Gasteiger partial charge < -0.3 is 4.74 Å². The average molecular weight is 402 g/mol. The molecule has 0 unspecified atom stereocenters. The highest BCUT2D eigenvalue weighted by Gasteiger charge is 2.14. The minimum Gasteiger partial charge on any atom is -0.426 e. The lowest BCUT2D eigenvalue weighted by molar-refractivity contribution is -0.133. The van der Waals surface area contributed by atoms with E-state index in [0.29, 0.717) is 27.6 Å². The largest absolute Gasteiger partial charge is 0.426 e. The van der Waals surface area contributed by atoms with Crippen LogP contribution in [0, 0.1) is 5.82 Å². The number of rotatable bonds is 5. The first kappa shape index (κ1) is 19.2. The Labute approximate surface area is 169 Å². The molecule has 0 amide bonds. The zero-order chi connectivity index (χ0) is 21.1. The number of H-pyrrole nitrogens is 1. The van der Waals surface area contributed by atoms with E-state index in [1.54, 1.807) is 24.3 Å². The third kappa shape index (κ3) is 4.00. The molecule has 0 aliphatic heterocycles. The molecule has 30 heavy (non-hydrogen) atoms. The maximum Gasteiger partial charge on any atom is 0.317 e. The minimum atomic E-state index is -0.558. The van der Waals surface area contributed by atoms with E-state index in [2.05, 4.69) is 10.2 Å². The van der Waals surface area contributed by atoms with E-state index < -0.39 is 11.8 Å². The fourth-order valence-corrected chi connectivity index (χ4v) is 3.05. The topological polar surface area (TPSA) is 89.1 Å². The van der Waals surface area contributed by atoms with E-state index in [4.69, 9.17) is 4.74 Å². The van der Waals surface area contributed by atoms with E-state index in [1.807, 2.05) is 0 Å². The van der Waals surface area contributed by atoms with E-state index in [-0.39, 0.29) is 23.5 Å². The predicted molar refractivity (Wildman–Crippen MR) is 108 cm³/mol. The fourth-order valence-electron chi connectivity index (χ4n) is 3.05. The van der Waals surface area contributed by atoms with Gasteiger partial charge in [-0.25, -0.2) is 9.49 Å². The molecule has 0 atom stereocenters. The zero-order valence-electron chi connectivity index (χ0n) is 15.6. The van der Waals surface area contributed by atoms with Crippen LogP contribution >= 0.6 is 0 Å². The van der Waals surface area contributed by atoms with E-state index >= 15 is 0 Å². The average Bonchev–Trinajstić information content (AvgIpc) is 2.76. The minimum absolute atomic E-state index is 0.131. The number of aromatic nitrogens is 2. The smallest absolute Gasteiger partial charge is 0.317 e. The molecule has 0 aliphatic rings. The summed E-state index contributed by atoms with van der Waals surface area (Å²) in [4.78, 5) is 36.6. The van der Waals surface area contributed by atoms with Gasteiger partial charge in [0.05, 0.1) is 17.5 Å². The molecule has 0 saturated heterocycles. The van der Waals surface area contributed by atoms with Crippen molar-refractivity contribution in [2.75, 3.05) is 0 Å². The van der Waals surface area contributed by atoms with Crippen LogP contribution in [0.15, 0.2) is 77.6 Å². The molecule has 0 bridgehead atoms. The Kier molecular flexibility index (Phi) is 5.17. The number of carbonyl (C=O) groups excluding carboxylic acids is 2. The number of aromatic amines is 1. The van der Waals surface area contributed by atoms with Crippen molar-refractivity contribution in [3.8, 4) is 5.75 Å². The van der Waals surface area contributed by atoms with Gasteiger partial charge in [-0.2, -0.15) is 5.10 Å². The Morgan fingerprint density at radius 3 is 2.13 bits per heavy atom. The zero-order valence-corrected chi connectivity index (χ0v) is 15.6. The highest BCUT2D eigenvalue weighted by molar-refractivity contribution is 6.09. The summed E-state index contributed by atoms with van der Waals surface area (Å²) in [7, 11) is 0. The number of halogens is 1. The number of carbonyl (C=O) groups is 2. The fraction of sp³-hybridized carbons (Fsp3) is 0.0435. The number of nitrogens with zero attached hydrogens (tertiary/aromatic N) is 1. The number of esters is 1. The van der Waals surface area contributed by atoms with Gasteiger partial charge in [-0.05, 0) is 54.6 Å². The molecule has 6 nitrogen and oxygen atoms in total. The lowest BCUT2D eigenvalue weighted by atomic mass is 10.0. The number of nitrogens with one attached hydrogen (secondary N) is 1. The van der Waals surface area contributed by atoms with Crippen molar-refractivity contribution in [1.82, 2.24) is 10.2 Å². The summed E-state index contributed by atoms with van der Waals surface area (Å²) in [5.74, 6) is -0.975. The summed E-state index contributed by atoms with van der Waals surface area (Å²) >= 11 is 0. The Bertz CT molecular complexity index is 1300. The first-order valence-electron chi connectivity index (χ1n) is 9.08. The molecular weight excluding hydrogens is 387 g/mol. The summed E-state index contributed by atoms with van der Waals surface area (Å²) in [5.41, 5.74) is 0.814. The maximum absolute atomic E-state index is 13.0. The number of hydrogen-bond acceptors (Lipinski definition) is 5. The van der Waals surface area contributed by atoms with Gasteiger partial charge >= 0.3 is 5.97 Å². The first-order valence-corrected chi connectivity index (χ1v) is 9.08. The molecule has 7 heteroatoms. The SMILES string of the molecule is O=C(Cc1n[nH]c(=O)c2ccccc12)Oc1ccc(C(=O)c2ccc(F)cc2)cc1. The number of ketones is 1. The van der Waals surface area contributed by atoms with E-state index in [1.165, 1.54) is 48.5 Å². The Balaban J connectivity index is 1.47. The van der Waals surface area contributed by atoms with Gasteiger partial charge in [0.1, 0.15) is 11.6 Å². The molecule has 0 spiro atoms. The van der Waals surface area contributed by atoms with Crippen LogP contribution in [0.3, 0.4) is 0 Å². The number of fused-ring (bicyclic) bond motifs is 1. The van der Waals surface area contributed by atoms with Crippen molar-refractivity contribution in [2.45, 2.75) is 6.42 Å². The Morgan fingerprint density at radius 2 is 1.47 bits per heavy atom. The molecule has 1 aromatic heterocycles. The second-order valence-electron chi connectivity index (χ2n) is 6.56. The summed E-state index contributed by atoms with van der Waals surface area (Å²) in [6, 6.07) is 18.2. The third-order valence-corrected chi connectivity index (χ3v) is 4.54. The van der Waals surface area contributed by atoms with Crippen LogP contribution in [0.2, 0.25) is 0 Å². The van der Waals surface area contributed by atoms with Gasteiger partial charge in [0.15, 0.2) is 5.78 Å². The standard InChI is InChI=1S/C23H15FN2O4/c24-16-9-5-14(6-10-16)22(28)15-7-11-17(12-8-15)30-21(27)13-20-18-3-1-2-4-19(18)23(29)26-25-20/h1-12H,13H2,(H,26,29). The van der Waals surface area contributed by atoms with Gasteiger partial charge in [-0.15, -0.1) is 0 Å². The van der Waals surface area contributed by atoms with Crippen molar-refractivity contribution < 1.29 is 18.7 Å². The lowest BCUT2D eigenvalue weighted by Gasteiger charge is -2.07. The van der Waals surface area contributed by atoms with Gasteiger partial charge in [-0.3, -0.25) is 14.4 Å². The quantitative estimate of drug-likeness (QED) is 0.314. The van der Waals surface area contributed by atoms with E-state index in [0.717, 1.165) is 0 Å². The lowest BCUT2D eigenvalue weighted by Crippen LogP contribution is -2.16. The summed E-state index contributed by atoms with van der Waals surface area (Å²) in [5, 5.41) is 7.36. The first-order chi connectivity index (χ1) is 14.5. The van der Waals surface area contributed by atoms with Gasteiger partial charge in [0.2, 0.25) is 0 Å². The van der Waals surface area contributed by atoms with Crippen LogP contribution < -0.4 is 10.3 Å². The third-order valence-electron chi connectivity index (χ3n) is 4.54. The second kappa shape index (κ2) is 8.08. The molecule has 148 valence electrons. The maximum atomic E-state index is 13.0.